The maximum absolute atomic E-state index is 10.5. The minimum absolute atomic E-state index is 0.243. The second-order valence-corrected chi connectivity index (χ2v) is 4.43. The fraction of sp³-hybridized carbons (Fsp3) is 0.909. The van der Waals surface area contributed by atoms with Gasteiger partial charge < -0.3 is 9.84 Å². The molecule has 0 radical (unpaired) electrons. The molecule has 0 aliphatic heterocycles. The quantitative estimate of drug-likeness (QED) is 0.730. The van der Waals surface area contributed by atoms with Gasteiger partial charge in [-0.05, 0) is 32.1 Å². The van der Waals surface area contributed by atoms with Crippen LogP contribution in [0.4, 0.5) is 0 Å². The molecule has 2 atom stereocenters. The van der Waals surface area contributed by atoms with Crippen LogP contribution in [0.1, 0.15) is 33.1 Å². The Balaban J connectivity index is 2.90. The maximum atomic E-state index is 10.5. The van der Waals surface area contributed by atoms with E-state index in [0.29, 0.717) is 6.42 Å². The number of ether oxygens (including phenoxy) is 1. The van der Waals surface area contributed by atoms with Crippen LogP contribution in [0.2, 0.25) is 0 Å². The highest BCUT2D eigenvalue weighted by molar-refractivity contribution is 5.13. The molecule has 0 aromatic rings. The Morgan fingerprint density at radius 1 is 1.57 bits per heavy atom. The van der Waals surface area contributed by atoms with Crippen LogP contribution in [-0.4, -0.2) is 24.4 Å². The van der Waals surface area contributed by atoms with Crippen LogP contribution in [0.5, 0.6) is 0 Å². The Labute approximate surface area is 85.7 Å². The average Bonchev–Trinajstić information content (AvgIpc) is 3.00. The van der Waals surface area contributed by atoms with Gasteiger partial charge in [0.2, 0.25) is 0 Å². The second kappa shape index (κ2) is 3.88. The molecule has 80 valence electrons. The van der Waals surface area contributed by atoms with Gasteiger partial charge in [0.1, 0.15) is 5.60 Å². The van der Waals surface area contributed by atoms with E-state index in [0.717, 1.165) is 12.8 Å². The summed E-state index contributed by atoms with van der Waals surface area (Å²) in [6.07, 6.45) is 2.67. The molecule has 1 N–H and O–H groups in total. The van der Waals surface area contributed by atoms with Crippen molar-refractivity contribution in [3.8, 4) is 6.07 Å². The highest BCUT2D eigenvalue weighted by atomic mass is 16.5. The maximum Gasteiger partial charge on any atom is 0.109 e. The number of rotatable bonds is 5. The number of nitriles is 1. The van der Waals surface area contributed by atoms with Gasteiger partial charge in [0.15, 0.2) is 0 Å². The predicted molar refractivity (Wildman–Crippen MR) is 53.6 cm³/mol. The molecular formula is C11H19NO2. The lowest BCUT2D eigenvalue weighted by Crippen LogP contribution is -2.51. The molecule has 0 saturated heterocycles. The van der Waals surface area contributed by atoms with Gasteiger partial charge in [-0.3, -0.25) is 0 Å². The van der Waals surface area contributed by atoms with Crippen LogP contribution in [-0.2, 0) is 4.74 Å². The molecule has 3 heteroatoms. The van der Waals surface area contributed by atoms with E-state index in [2.05, 4.69) is 6.07 Å². The first-order chi connectivity index (χ1) is 6.54. The smallest absolute Gasteiger partial charge is 0.109 e. The van der Waals surface area contributed by atoms with Crippen molar-refractivity contribution in [3.05, 3.63) is 0 Å². The fourth-order valence-electron chi connectivity index (χ4n) is 1.99. The fourth-order valence-corrected chi connectivity index (χ4v) is 1.99. The van der Waals surface area contributed by atoms with E-state index in [9.17, 15) is 5.11 Å². The van der Waals surface area contributed by atoms with Gasteiger partial charge in [0.25, 0.3) is 0 Å². The van der Waals surface area contributed by atoms with Crippen molar-refractivity contribution in [2.24, 2.45) is 11.3 Å². The van der Waals surface area contributed by atoms with E-state index < -0.39 is 11.0 Å². The summed E-state index contributed by atoms with van der Waals surface area (Å²) >= 11 is 0. The number of hydrogen-bond acceptors (Lipinski definition) is 3. The number of nitrogens with zero attached hydrogens (tertiary/aromatic N) is 1. The third-order valence-electron chi connectivity index (χ3n) is 3.53. The summed E-state index contributed by atoms with van der Waals surface area (Å²) in [5, 5.41) is 19.7. The third-order valence-corrected chi connectivity index (χ3v) is 3.53. The van der Waals surface area contributed by atoms with E-state index in [1.54, 1.807) is 7.11 Å². The first-order valence-corrected chi connectivity index (χ1v) is 5.16. The van der Waals surface area contributed by atoms with Crippen molar-refractivity contribution in [2.45, 2.75) is 38.7 Å². The molecule has 1 aliphatic rings. The summed E-state index contributed by atoms with van der Waals surface area (Å²) in [6.45, 7) is 4.02. The zero-order valence-corrected chi connectivity index (χ0v) is 9.21. The zero-order chi connectivity index (χ0) is 10.8. The molecule has 3 nitrogen and oxygen atoms in total. The summed E-state index contributed by atoms with van der Waals surface area (Å²) < 4.78 is 5.06. The highest BCUT2D eigenvalue weighted by Gasteiger charge is 2.55. The minimum Gasteiger partial charge on any atom is -0.386 e. The van der Waals surface area contributed by atoms with Gasteiger partial charge in [-0.25, -0.2) is 0 Å². The molecule has 1 fully saturated rings. The minimum atomic E-state index is -0.967. The average molecular weight is 197 g/mol. The Morgan fingerprint density at radius 3 is 2.43 bits per heavy atom. The Bertz CT molecular complexity index is 244. The Morgan fingerprint density at radius 2 is 2.14 bits per heavy atom. The van der Waals surface area contributed by atoms with E-state index in [1.165, 1.54) is 0 Å². The van der Waals surface area contributed by atoms with Gasteiger partial charge in [-0.2, -0.15) is 5.26 Å². The first-order valence-electron chi connectivity index (χ1n) is 5.16. The number of hydrogen-bond donors (Lipinski definition) is 1. The van der Waals surface area contributed by atoms with Crippen molar-refractivity contribution < 1.29 is 9.84 Å². The highest BCUT2D eigenvalue weighted by Crippen LogP contribution is 2.50. The molecule has 0 amide bonds. The summed E-state index contributed by atoms with van der Waals surface area (Å²) in [7, 11) is 1.57. The number of aliphatic hydroxyl groups is 1. The van der Waals surface area contributed by atoms with E-state index in [-0.39, 0.29) is 12.5 Å². The van der Waals surface area contributed by atoms with Crippen LogP contribution < -0.4 is 0 Å². The van der Waals surface area contributed by atoms with Gasteiger partial charge in [0, 0.05) is 7.11 Å². The summed E-state index contributed by atoms with van der Waals surface area (Å²) in [5.41, 5.74) is -1.66. The van der Waals surface area contributed by atoms with Crippen LogP contribution in [0.25, 0.3) is 0 Å². The van der Waals surface area contributed by atoms with Crippen molar-refractivity contribution in [3.63, 3.8) is 0 Å². The van der Waals surface area contributed by atoms with Crippen molar-refractivity contribution in [2.75, 3.05) is 13.7 Å². The van der Waals surface area contributed by atoms with Gasteiger partial charge >= 0.3 is 0 Å². The van der Waals surface area contributed by atoms with Gasteiger partial charge in [-0.15, -0.1) is 0 Å². The first kappa shape index (κ1) is 11.5. The van der Waals surface area contributed by atoms with Crippen molar-refractivity contribution >= 4 is 0 Å². The Hall–Kier alpha value is -0.590. The molecule has 2 unspecified atom stereocenters. The summed E-state index contributed by atoms with van der Waals surface area (Å²) in [5.74, 6) is 0.243. The summed E-state index contributed by atoms with van der Waals surface area (Å²) in [4.78, 5) is 0. The third kappa shape index (κ3) is 1.65. The molecule has 14 heavy (non-hydrogen) atoms. The van der Waals surface area contributed by atoms with Gasteiger partial charge in [-0.1, -0.05) is 6.92 Å². The van der Waals surface area contributed by atoms with E-state index in [4.69, 9.17) is 10.00 Å². The van der Waals surface area contributed by atoms with Crippen molar-refractivity contribution in [1.29, 1.82) is 5.26 Å². The van der Waals surface area contributed by atoms with Crippen molar-refractivity contribution in [1.82, 2.24) is 0 Å². The molecule has 0 bridgehead atoms. The zero-order valence-electron chi connectivity index (χ0n) is 9.21. The molecular weight excluding hydrogens is 178 g/mol. The normalized spacial score (nSPS) is 24.8. The SMILES string of the molecule is CCC(C)(C#N)C(O)(COC)C1CC1. The lowest BCUT2D eigenvalue weighted by atomic mass is 9.70. The van der Waals surface area contributed by atoms with Gasteiger partial charge in [0.05, 0.1) is 18.1 Å². The van der Waals surface area contributed by atoms with E-state index >= 15 is 0 Å². The summed E-state index contributed by atoms with van der Waals surface area (Å²) in [6, 6.07) is 2.24. The lowest BCUT2D eigenvalue weighted by molar-refractivity contribution is -0.113. The lowest BCUT2D eigenvalue weighted by Gasteiger charge is -2.39. The molecule has 1 aliphatic carbocycles. The van der Waals surface area contributed by atoms with Crippen LogP contribution >= 0.6 is 0 Å². The Kier molecular flexibility index (Phi) is 3.18. The number of methoxy groups -OCH3 is 1. The van der Waals surface area contributed by atoms with Crippen LogP contribution in [0.3, 0.4) is 0 Å². The molecule has 0 spiro atoms. The topological polar surface area (TPSA) is 53.2 Å². The predicted octanol–water partition coefficient (Wildman–Crippen LogP) is 1.71. The largest absolute Gasteiger partial charge is 0.386 e. The standard InChI is InChI=1S/C11H19NO2/c1-4-10(2,7-12)11(13,8-14-3)9-5-6-9/h9,13H,4-6,8H2,1-3H3. The van der Waals surface area contributed by atoms with Crippen LogP contribution in [0.15, 0.2) is 0 Å². The molecule has 1 rings (SSSR count). The monoisotopic (exact) mass is 197 g/mol. The molecule has 0 aromatic carbocycles. The molecule has 1 saturated carbocycles. The molecule has 0 aromatic heterocycles. The van der Waals surface area contributed by atoms with E-state index in [1.807, 2.05) is 13.8 Å². The second-order valence-electron chi connectivity index (χ2n) is 4.43. The van der Waals surface area contributed by atoms with Crippen LogP contribution in [0, 0.1) is 22.7 Å². The molecule has 0 heterocycles.